The van der Waals surface area contributed by atoms with Crippen molar-refractivity contribution >= 4 is 12.4 Å². The third-order valence-corrected chi connectivity index (χ3v) is 4.49. The van der Waals surface area contributed by atoms with E-state index in [1.807, 2.05) is 19.2 Å². The van der Waals surface area contributed by atoms with Crippen LogP contribution in [0.25, 0.3) is 0 Å². The fraction of sp³-hybridized carbons (Fsp3) is 0.333. The van der Waals surface area contributed by atoms with Crippen LogP contribution in [-0.2, 0) is 19.0 Å². The molecule has 0 fully saturated rings. The van der Waals surface area contributed by atoms with Crippen molar-refractivity contribution in [3.63, 3.8) is 0 Å². The van der Waals surface area contributed by atoms with Crippen molar-refractivity contribution in [3.8, 4) is 0 Å². The number of alkyl halides is 3. The molecule has 1 aliphatic rings. The van der Waals surface area contributed by atoms with Crippen molar-refractivity contribution in [2.45, 2.75) is 31.0 Å². The third kappa shape index (κ3) is 3.70. The van der Waals surface area contributed by atoms with Gasteiger partial charge in [-0.2, -0.15) is 13.2 Å². The summed E-state index contributed by atoms with van der Waals surface area (Å²) in [6, 6.07) is 14.2. The zero-order chi connectivity index (χ0) is 15.7. The summed E-state index contributed by atoms with van der Waals surface area (Å²) in [5.74, 6) is 0.304. The van der Waals surface area contributed by atoms with E-state index in [4.69, 9.17) is 0 Å². The maximum atomic E-state index is 12.6. The van der Waals surface area contributed by atoms with Crippen molar-refractivity contribution < 1.29 is 13.2 Å². The number of halogens is 4. The topological polar surface area (TPSA) is 12.0 Å². The maximum absolute atomic E-state index is 12.6. The Kier molecular flexibility index (Phi) is 5.37. The van der Waals surface area contributed by atoms with Gasteiger partial charge in [0.25, 0.3) is 0 Å². The summed E-state index contributed by atoms with van der Waals surface area (Å²) in [5, 5.41) is 3.34. The molecule has 2 aromatic carbocycles. The first-order valence-electron chi connectivity index (χ1n) is 7.40. The first-order chi connectivity index (χ1) is 10.5. The van der Waals surface area contributed by atoms with Gasteiger partial charge in [-0.3, -0.25) is 0 Å². The summed E-state index contributed by atoms with van der Waals surface area (Å²) in [7, 11) is 1.94. The summed E-state index contributed by atoms with van der Waals surface area (Å²) in [5.41, 5.74) is 2.99. The number of fused-ring (bicyclic) bond motifs is 1. The quantitative estimate of drug-likeness (QED) is 0.860. The molecule has 124 valence electrons. The van der Waals surface area contributed by atoms with Gasteiger partial charge in [0.05, 0.1) is 5.56 Å². The largest absolute Gasteiger partial charge is 0.416 e. The van der Waals surface area contributed by atoms with E-state index in [1.165, 1.54) is 23.3 Å². The number of nitrogens with one attached hydrogen (secondary N) is 1. The van der Waals surface area contributed by atoms with Crippen LogP contribution in [0.5, 0.6) is 0 Å². The summed E-state index contributed by atoms with van der Waals surface area (Å²) < 4.78 is 37.9. The summed E-state index contributed by atoms with van der Waals surface area (Å²) in [6.45, 7) is 0. The van der Waals surface area contributed by atoms with Crippen LogP contribution in [0.2, 0.25) is 0 Å². The van der Waals surface area contributed by atoms with Gasteiger partial charge < -0.3 is 5.32 Å². The zero-order valence-electron chi connectivity index (χ0n) is 12.7. The minimum absolute atomic E-state index is 0. The second-order valence-electron chi connectivity index (χ2n) is 5.80. The van der Waals surface area contributed by atoms with Gasteiger partial charge in [0.2, 0.25) is 0 Å². The van der Waals surface area contributed by atoms with E-state index in [1.54, 1.807) is 12.1 Å². The van der Waals surface area contributed by atoms with Crippen molar-refractivity contribution in [2.75, 3.05) is 7.05 Å². The standard InChI is InChI=1S/C18H18F3N.ClH/c1-22-17-11-13-4-2-3-5-15(13)16(17)10-12-6-8-14(9-7-12)18(19,20)21;/h2-9,16-17,22H,10-11H2,1H3;1H/t16-,17+;/m1./s1. The third-order valence-electron chi connectivity index (χ3n) is 4.49. The number of hydrogen-bond acceptors (Lipinski definition) is 1. The van der Waals surface area contributed by atoms with Gasteiger partial charge in [0.15, 0.2) is 0 Å². The van der Waals surface area contributed by atoms with E-state index in [0.717, 1.165) is 18.4 Å². The van der Waals surface area contributed by atoms with E-state index >= 15 is 0 Å². The molecule has 5 heteroatoms. The molecule has 3 rings (SSSR count). The van der Waals surface area contributed by atoms with Crippen LogP contribution in [0, 0.1) is 0 Å². The molecule has 0 radical (unpaired) electrons. The molecule has 1 nitrogen and oxygen atoms in total. The Balaban J connectivity index is 0.00000192. The Morgan fingerprint density at radius 3 is 2.30 bits per heavy atom. The normalized spacial score (nSPS) is 20.0. The smallest absolute Gasteiger partial charge is 0.316 e. The first-order valence-corrected chi connectivity index (χ1v) is 7.40. The monoisotopic (exact) mass is 341 g/mol. The van der Waals surface area contributed by atoms with Crippen molar-refractivity contribution in [1.29, 1.82) is 0 Å². The molecule has 0 heterocycles. The van der Waals surface area contributed by atoms with Gasteiger partial charge in [-0.05, 0) is 48.7 Å². The summed E-state index contributed by atoms with van der Waals surface area (Å²) in [4.78, 5) is 0. The van der Waals surface area contributed by atoms with Crippen LogP contribution in [-0.4, -0.2) is 13.1 Å². The molecule has 1 aliphatic carbocycles. The zero-order valence-corrected chi connectivity index (χ0v) is 13.5. The highest BCUT2D eigenvalue weighted by Crippen LogP contribution is 2.36. The van der Waals surface area contributed by atoms with Gasteiger partial charge in [0.1, 0.15) is 0 Å². The summed E-state index contributed by atoms with van der Waals surface area (Å²) in [6.07, 6.45) is -2.55. The maximum Gasteiger partial charge on any atom is 0.416 e. The molecule has 0 spiro atoms. The molecule has 2 atom stereocenters. The minimum atomic E-state index is -4.27. The highest BCUT2D eigenvalue weighted by Gasteiger charge is 2.32. The first kappa shape index (κ1) is 17.8. The molecule has 1 N–H and O–H groups in total. The Morgan fingerprint density at radius 1 is 1.04 bits per heavy atom. The van der Waals surface area contributed by atoms with Crippen LogP contribution in [0.3, 0.4) is 0 Å². The van der Waals surface area contributed by atoms with Gasteiger partial charge in [-0.15, -0.1) is 12.4 Å². The Labute approximate surface area is 140 Å². The van der Waals surface area contributed by atoms with Crippen molar-refractivity contribution in [2.24, 2.45) is 0 Å². The highest BCUT2D eigenvalue weighted by atomic mass is 35.5. The lowest BCUT2D eigenvalue weighted by Gasteiger charge is -2.20. The second kappa shape index (κ2) is 6.93. The lowest BCUT2D eigenvalue weighted by Crippen LogP contribution is -2.30. The number of likely N-dealkylation sites (N-methyl/N-ethyl adjacent to an activating group) is 1. The molecule has 0 bridgehead atoms. The van der Waals surface area contributed by atoms with Gasteiger partial charge >= 0.3 is 6.18 Å². The number of rotatable bonds is 3. The van der Waals surface area contributed by atoms with Crippen LogP contribution in [0.4, 0.5) is 13.2 Å². The fourth-order valence-corrected chi connectivity index (χ4v) is 3.32. The Morgan fingerprint density at radius 2 is 1.70 bits per heavy atom. The average Bonchev–Trinajstić information content (AvgIpc) is 2.85. The molecule has 2 aromatic rings. The van der Waals surface area contributed by atoms with E-state index < -0.39 is 11.7 Å². The van der Waals surface area contributed by atoms with Crippen LogP contribution < -0.4 is 5.32 Å². The van der Waals surface area contributed by atoms with Crippen LogP contribution in [0.1, 0.15) is 28.2 Å². The average molecular weight is 342 g/mol. The Hall–Kier alpha value is -1.52. The van der Waals surface area contributed by atoms with E-state index in [0.29, 0.717) is 12.0 Å². The molecule has 0 aromatic heterocycles. The predicted molar refractivity (Wildman–Crippen MR) is 88.1 cm³/mol. The molecule has 23 heavy (non-hydrogen) atoms. The highest BCUT2D eigenvalue weighted by molar-refractivity contribution is 5.85. The molecule has 0 saturated heterocycles. The van der Waals surface area contributed by atoms with Gasteiger partial charge in [-0.1, -0.05) is 36.4 Å². The minimum Gasteiger partial charge on any atom is -0.316 e. The molecular weight excluding hydrogens is 323 g/mol. The Bertz CT molecular complexity index is 652. The number of hydrogen-bond donors (Lipinski definition) is 1. The van der Waals surface area contributed by atoms with E-state index in [2.05, 4.69) is 17.4 Å². The van der Waals surface area contributed by atoms with E-state index in [9.17, 15) is 13.2 Å². The molecular formula is C18H19ClF3N. The summed E-state index contributed by atoms with van der Waals surface area (Å²) >= 11 is 0. The van der Waals surface area contributed by atoms with E-state index in [-0.39, 0.29) is 12.4 Å². The SMILES string of the molecule is CN[C@H]1Cc2ccccc2[C@H]1Cc1ccc(C(F)(F)F)cc1.Cl. The van der Waals surface area contributed by atoms with Gasteiger partial charge in [-0.25, -0.2) is 0 Å². The molecule has 0 unspecified atom stereocenters. The predicted octanol–water partition coefficient (Wildman–Crippen LogP) is 4.60. The van der Waals surface area contributed by atoms with Crippen LogP contribution in [0.15, 0.2) is 48.5 Å². The lowest BCUT2D eigenvalue weighted by atomic mass is 9.90. The number of benzene rings is 2. The fourth-order valence-electron chi connectivity index (χ4n) is 3.32. The lowest BCUT2D eigenvalue weighted by molar-refractivity contribution is -0.137. The van der Waals surface area contributed by atoms with Crippen molar-refractivity contribution in [3.05, 3.63) is 70.8 Å². The van der Waals surface area contributed by atoms with Crippen molar-refractivity contribution in [1.82, 2.24) is 5.32 Å². The van der Waals surface area contributed by atoms with Crippen LogP contribution >= 0.6 is 12.4 Å². The second-order valence-corrected chi connectivity index (χ2v) is 5.80. The van der Waals surface area contributed by atoms with Gasteiger partial charge in [0, 0.05) is 12.0 Å². The molecule has 0 amide bonds. The molecule has 0 saturated carbocycles. The molecule has 0 aliphatic heterocycles.